The number of anilines is 1. The molecule has 0 atom stereocenters. The third-order valence-electron chi connectivity index (χ3n) is 5.46. The molecule has 0 N–H and O–H groups in total. The molecule has 3 aromatic rings. The number of nitrogens with zero attached hydrogens (tertiary/aromatic N) is 3. The van der Waals surface area contributed by atoms with E-state index in [2.05, 4.69) is 34.1 Å². The average molecular weight is 402 g/mol. The zero-order chi connectivity index (χ0) is 20.9. The van der Waals surface area contributed by atoms with Crippen LogP contribution in [0.3, 0.4) is 0 Å². The van der Waals surface area contributed by atoms with Gasteiger partial charge in [0.25, 0.3) is 5.91 Å². The van der Waals surface area contributed by atoms with E-state index in [1.165, 1.54) is 5.69 Å². The molecule has 2 aromatic carbocycles. The smallest absolute Gasteiger partial charge is 0.255 e. The van der Waals surface area contributed by atoms with Gasteiger partial charge in [-0.2, -0.15) is 0 Å². The summed E-state index contributed by atoms with van der Waals surface area (Å²) in [6.45, 7) is 5.84. The first kappa shape index (κ1) is 20.1. The molecule has 2 heterocycles. The maximum absolute atomic E-state index is 13.0. The van der Waals surface area contributed by atoms with E-state index in [1.54, 1.807) is 4.90 Å². The van der Waals surface area contributed by atoms with Crippen LogP contribution in [0.5, 0.6) is 0 Å². The first-order valence-electron chi connectivity index (χ1n) is 10.3. The molecule has 1 aliphatic heterocycles. The molecule has 30 heavy (non-hydrogen) atoms. The van der Waals surface area contributed by atoms with Crippen molar-refractivity contribution in [1.29, 1.82) is 0 Å². The fourth-order valence-corrected chi connectivity index (χ4v) is 3.74. The summed E-state index contributed by atoms with van der Waals surface area (Å²) < 4.78 is 5.42. The molecular weight excluding hydrogens is 374 g/mol. The molecule has 5 nitrogen and oxygen atoms in total. The number of rotatable bonds is 5. The highest BCUT2D eigenvalue weighted by molar-refractivity contribution is 5.95. The predicted octanol–water partition coefficient (Wildman–Crippen LogP) is 4.17. The Morgan fingerprint density at radius 3 is 2.37 bits per heavy atom. The Labute approximate surface area is 177 Å². The maximum atomic E-state index is 13.0. The van der Waals surface area contributed by atoms with Crippen LogP contribution in [0.15, 0.2) is 66.7 Å². The van der Waals surface area contributed by atoms with Gasteiger partial charge in [-0.25, -0.2) is 0 Å². The van der Waals surface area contributed by atoms with E-state index < -0.39 is 0 Å². The van der Waals surface area contributed by atoms with Crippen molar-refractivity contribution in [2.75, 3.05) is 38.3 Å². The highest BCUT2D eigenvalue weighted by Crippen LogP contribution is 2.21. The summed E-state index contributed by atoms with van der Waals surface area (Å²) in [5.74, 6) is -0.0168. The zero-order valence-electron chi connectivity index (χ0n) is 17.5. The van der Waals surface area contributed by atoms with Gasteiger partial charge in [-0.05, 0) is 36.8 Å². The Morgan fingerprint density at radius 1 is 1.00 bits per heavy atom. The van der Waals surface area contributed by atoms with E-state index >= 15 is 0 Å². The number of aryl methyl sites for hydroxylation is 1. The van der Waals surface area contributed by atoms with Crippen LogP contribution in [0, 0.1) is 6.92 Å². The molecule has 0 bridgehead atoms. The van der Waals surface area contributed by atoms with E-state index in [4.69, 9.17) is 4.74 Å². The van der Waals surface area contributed by atoms with Crippen molar-refractivity contribution < 1.29 is 9.53 Å². The van der Waals surface area contributed by atoms with Crippen molar-refractivity contribution in [2.24, 2.45) is 0 Å². The van der Waals surface area contributed by atoms with Gasteiger partial charge in [0.2, 0.25) is 0 Å². The summed E-state index contributed by atoms with van der Waals surface area (Å²) in [4.78, 5) is 21.7. The van der Waals surface area contributed by atoms with Crippen molar-refractivity contribution >= 4 is 11.6 Å². The molecular formula is C25H27N3O2. The lowest BCUT2D eigenvalue weighted by atomic mass is 10.1. The summed E-state index contributed by atoms with van der Waals surface area (Å²) in [6.07, 6.45) is 0. The van der Waals surface area contributed by atoms with Crippen molar-refractivity contribution in [3.05, 3.63) is 83.6 Å². The summed E-state index contributed by atoms with van der Waals surface area (Å²) in [7, 11) is 1.84. The highest BCUT2D eigenvalue weighted by atomic mass is 16.5. The standard InChI is InChI=1S/C25H27N3O2/c1-19-23(12-13-24(26-19)21-6-4-3-5-7-21)25(29)27(2)18-20-8-10-22(11-9-20)28-14-16-30-17-15-28/h3-13H,14-18H2,1-2H3. The molecule has 1 aliphatic rings. The first-order chi connectivity index (χ1) is 14.6. The molecule has 4 rings (SSSR count). The zero-order valence-corrected chi connectivity index (χ0v) is 17.5. The Morgan fingerprint density at radius 2 is 1.70 bits per heavy atom. The fraction of sp³-hybridized carbons (Fsp3) is 0.280. The van der Waals surface area contributed by atoms with E-state index in [0.717, 1.165) is 48.8 Å². The number of carbonyl (C=O) groups is 1. The Balaban J connectivity index is 1.43. The lowest BCUT2D eigenvalue weighted by Gasteiger charge is -2.29. The van der Waals surface area contributed by atoms with Gasteiger partial charge in [0.1, 0.15) is 0 Å². The second-order valence-electron chi connectivity index (χ2n) is 7.62. The van der Waals surface area contributed by atoms with Gasteiger partial charge in [-0.1, -0.05) is 42.5 Å². The van der Waals surface area contributed by atoms with E-state index in [0.29, 0.717) is 12.1 Å². The van der Waals surface area contributed by atoms with Crippen molar-refractivity contribution in [2.45, 2.75) is 13.5 Å². The van der Waals surface area contributed by atoms with Gasteiger partial charge in [0.15, 0.2) is 0 Å². The minimum absolute atomic E-state index is 0.0168. The number of morpholine rings is 1. The van der Waals surface area contributed by atoms with Gasteiger partial charge in [0, 0.05) is 37.9 Å². The molecule has 0 unspecified atom stereocenters. The number of carbonyl (C=O) groups excluding carboxylic acids is 1. The molecule has 154 valence electrons. The highest BCUT2D eigenvalue weighted by Gasteiger charge is 2.17. The summed E-state index contributed by atoms with van der Waals surface area (Å²) >= 11 is 0. The number of pyridine rings is 1. The molecule has 1 aromatic heterocycles. The van der Waals surface area contributed by atoms with Crippen molar-refractivity contribution in [1.82, 2.24) is 9.88 Å². The third-order valence-corrected chi connectivity index (χ3v) is 5.46. The summed E-state index contributed by atoms with van der Waals surface area (Å²) in [5, 5.41) is 0. The average Bonchev–Trinajstić information content (AvgIpc) is 2.80. The lowest BCUT2D eigenvalue weighted by molar-refractivity contribution is 0.0784. The molecule has 1 amide bonds. The Bertz CT molecular complexity index is 997. The number of aromatic nitrogens is 1. The van der Waals surface area contributed by atoms with Crippen LogP contribution in [0.25, 0.3) is 11.3 Å². The van der Waals surface area contributed by atoms with Gasteiger partial charge < -0.3 is 14.5 Å². The van der Waals surface area contributed by atoms with Gasteiger partial charge >= 0.3 is 0 Å². The number of benzene rings is 2. The minimum Gasteiger partial charge on any atom is -0.378 e. The van der Waals surface area contributed by atoms with E-state index in [1.807, 2.05) is 56.4 Å². The number of ether oxygens (including phenoxy) is 1. The first-order valence-corrected chi connectivity index (χ1v) is 10.3. The maximum Gasteiger partial charge on any atom is 0.255 e. The van der Waals surface area contributed by atoms with Crippen LogP contribution in [0.1, 0.15) is 21.6 Å². The molecule has 1 fully saturated rings. The van der Waals surface area contributed by atoms with Crippen molar-refractivity contribution in [3.63, 3.8) is 0 Å². The van der Waals surface area contributed by atoms with Gasteiger partial charge in [-0.15, -0.1) is 0 Å². The second-order valence-corrected chi connectivity index (χ2v) is 7.62. The lowest BCUT2D eigenvalue weighted by Crippen LogP contribution is -2.36. The summed E-state index contributed by atoms with van der Waals surface area (Å²) in [6, 6.07) is 22.2. The number of hydrogen-bond acceptors (Lipinski definition) is 4. The quantitative estimate of drug-likeness (QED) is 0.644. The molecule has 0 aliphatic carbocycles. The van der Waals surface area contributed by atoms with Gasteiger partial charge in [0.05, 0.1) is 30.2 Å². The summed E-state index contributed by atoms with van der Waals surface area (Å²) in [5.41, 5.74) is 5.62. The minimum atomic E-state index is -0.0168. The van der Waals surface area contributed by atoms with Crippen molar-refractivity contribution in [3.8, 4) is 11.3 Å². The van der Waals surface area contributed by atoms with Crippen LogP contribution >= 0.6 is 0 Å². The third kappa shape index (κ3) is 4.52. The number of amides is 1. The SMILES string of the molecule is Cc1nc(-c2ccccc2)ccc1C(=O)N(C)Cc1ccc(N2CCOCC2)cc1. The van der Waals surface area contributed by atoms with E-state index in [9.17, 15) is 4.79 Å². The Hall–Kier alpha value is -3.18. The molecule has 5 heteroatoms. The fourth-order valence-electron chi connectivity index (χ4n) is 3.74. The van der Waals surface area contributed by atoms with Crippen LogP contribution in [-0.4, -0.2) is 49.1 Å². The second kappa shape index (κ2) is 9.09. The molecule has 0 radical (unpaired) electrons. The van der Waals surface area contributed by atoms with Gasteiger partial charge in [-0.3, -0.25) is 9.78 Å². The molecule has 1 saturated heterocycles. The largest absolute Gasteiger partial charge is 0.378 e. The normalized spacial score (nSPS) is 13.9. The van der Waals surface area contributed by atoms with Crippen LogP contribution in [0.4, 0.5) is 5.69 Å². The topological polar surface area (TPSA) is 45.7 Å². The number of hydrogen-bond donors (Lipinski definition) is 0. The molecule has 0 saturated carbocycles. The van der Waals surface area contributed by atoms with Crippen LogP contribution in [-0.2, 0) is 11.3 Å². The molecule has 0 spiro atoms. The van der Waals surface area contributed by atoms with Crippen LogP contribution < -0.4 is 4.90 Å². The predicted molar refractivity (Wildman–Crippen MR) is 120 cm³/mol. The van der Waals surface area contributed by atoms with Crippen LogP contribution in [0.2, 0.25) is 0 Å². The van der Waals surface area contributed by atoms with E-state index in [-0.39, 0.29) is 5.91 Å². The monoisotopic (exact) mass is 401 g/mol. The Kier molecular flexibility index (Phi) is 6.10.